The highest BCUT2D eigenvalue weighted by Crippen LogP contribution is 2.27. The lowest BCUT2D eigenvalue weighted by atomic mass is 9.91. The molecule has 0 aromatic heterocycles. The van der Waals surface area contributed by atoms with E-state index in [4.69, 9.17) is 14.2 Å². The summed E-state index contributed by atoms with van der Waals surface area (Å²) in [5.74, 6) is -0.485. The van der Waals surface area contributed by atoms with Gasteiger partial charge in [-0.3, -0.25) is 14.9 Å². The predicted octanol–water partition coefficient (Wildman–Crippen LogP) is 9.10. The average molecular weight is 841 g/mol. The summed E-state index contributed by atoms with van der Waals surface area (Å²) in [7, 11) is 0. The Bertz CT molecular complexity index is 2100. The van der Waals surface area contributed by atoms with Gasteiger partial charge in [0.2, 0.25) is 5.91 Å². The number of benzene rings is 5. The van der Waals surface area contributed by atoms with Crippen molar-refractivity contribution in [3.63, 3.8) is 0 Å². The molecule has 1 fully saturated rings. The zero-order chi connectivity index (χ0) is 43.4. The molecule has 1 aliphatic rings. The van der Waals surface area contributed by atoms with E-state index in [2.05, 4.69) is 0 Å². The molecular weight excluding hydrogens is 785 g/mol. The van der Waals surface area contributed by atoms with E-state index < -0.39 is 35.6 Å². The smallest absolute Gasteiger partial charge is 0.415 e. The van der Waals surface area contributed by atoms with Crippen LogP contribution in [-0.4, -0.2) is 82.2 Å². The molecule has 12 heteroatoms. The van der Waals surface area contributed by atoms with Gasteiger partial charge in [-0.2, -0.15) is 0 Å². The Balaban J connectivity index is 1.21. The highest BCUT2D eigenvalue weighted by Gasteiger charge is 2.39. The van der Waals surface area contributed by atoms with Crippen molar-refractivity contribution in [2.45, 2.75) is 83.1 Å². The first-order valence-corrected chi connectivity index (χ1v) is 21.4. The second kappa shape index (κ2) is 24.0. The fourth-order valence-corrected chi connectivity index (χ4v) is 7.70. The normalized spacial score (nSPS) is 15.2. The van der Waals surface area contributed by atoms with Crippen LogP contribution in [0.25, 0.3) is 0 Å². The Kier molecular flexibility index (Phi) is 17.5. The summed E-state index contributed by atoms with van der Waals surface area (Å²) in [5, 5.41) is 13.0. The summed E-state index contributed by atoms with van der Waals surface area (Å²) in [5.41, 5.74) is 4.57. The minimum Gasteiger partial charge on any atom is -0.445 e. The topological polar surface area (TPSA) is 132 Å². The Morgan fingerprint density at radius 2 is 0.984 bits per heavy atom. The van der Waals surface area contributed by atoms with Crippen LogP contribution in [0.1, 0.15) is 59.9 Å². The van der Waals surface area contributed by atoms with Crippen molar-refractivity contribution < 1.29 is 33.5 Å². The first-order valence-electron chi connectivity index (χ1n) is 21.4. The van der Waals surface area contributed by atoms with E-state index in [-0.39, 0.29) is 45.0 Å². The van der Waals surface area contributed by atoms with Crippen LogP contribution in [0.15, 0.2) is 152 Å². The maximum absolute atomic E-state index is 14.7. The van der Waals surface area contributed by atoms with Gasteiger partial charge in [-0.15, -0.1) is 0 Å². The molecular formula is C50H56N4O8. The molecule has 12 nitrogen and oxygen atoms in total. The van der Waals surface area contributed by atoms with Crippen molar-refractivity contribution >= 4 is 18.1 Å². The molecule has 6 rings (SSSR count). The molecule has 324 valence electrons. The standard InChI is InChI=1S/C50H56N4O8/c55-48(36-47(54(58)59)53(33-31-41-18-8-2-9-19-41)50(57)62-39-44-24-14-5-15-25-44)52(45-26-28-46(29-27-45)60-37-42-20-10-3-11-21-42)35-34-51(32-30-40-16-6-1-7-17-40)49(56)61-38-43-22-12-4-13-23-43/h1-25,45-47H,26-39H2. The van der Waals surface area contributed by atoms with Gasteiger partial charge in [0.05, 0.1) is 12.7 Å². The molecule has 0 aliphatic heterocycles. The number of amides is 3. The highest BCUT2D eigenvalue weighted by molar-refractivity contribution is 5.78. The minimum absolute atomic E-state index is 0.0156. The molecule has 0 saturated heterocycles. The molecule has 5 aromatic rings. The molecule has 62 heavy (non-hydrogen) atoms. The lowest BCUT2D eigenvalue weighted by Gasteiger charge is -2.38. The van der Waals surface area contributed by atoms with Crippen LogP contribution < -0.4 is 0 Å². The monoisotopic (exact) mass is 840 g/mol. The summed E-state index contributed by atoms with van der Waals surface area (Å²) in [6, 6.07) is 47.4. The Morgan fingerprint density at radius 1 is 0.548 bits per heavy atom. The van der Waals surface area contributed by atoms with E-state index in [1.807, 2.05) is 140 Å². The van der Waals surface area contributed by atoms with E-state index >= 15 is 0 Å². The Hall–Kier alpha value is -6.53. The molecule has 0 spiro atoms. The molecule has 0 radical (unpaired) electrons. The number of nitro groups is 1. The molecule has 5 aromatic carbocycles. The fourth-order valence-electron chi connectivity index (χ4n) is 7.70. The van der Waals surface area contributed by atoms with Gasteiger partial charge in [0.15, 0.2) is 0 Å². The van der Waals surface area contributed by atoms with Crippen LogP contribution in [0.5, 0.6) is 0 Å². The van der Waals surface area contributed by atoms with Crippen molar-refractivity contribution in [2.24, 2.45) is 0 Å². The number of hydrogen-bond donors (Lipinski definition) is 0. The number of carbonyl (C=O) groups excluding carboxylic acids is 3. The Labute approximate surface area is 364 Å². The number of hydrogen-bond acceptors (Lipinski definition) is 8. The van der Waals surface area contributed by atoms with Gasteiger partial charge in [0, 0.05) is 37.1 Å². The van der Waals surface area contributed by atoms with Gasteiger partial charge in [-0.1, -0.05) is 152 Å². The van der Waals surface area contributed by atoms with Gasteiger partial charge in [0.1, 0.15) is 19.6 Å². The zero-order valence-corrected chi connectivity index (χ0v) is 35.1. The average Bonchev–Trinajstić information content (AvgIpc) is 3.32. The third kappa shape index (κ3) is 14.3. The maximum atomic E-state index is 14.7. The summed E-state index contributed by atoms with van der Waals surface area (Å²) in [4.78, 5) is 58.9. The third-order valence-electron chi connectivity index (χ3n) is 11.2. The van der Waals surface area contributed by atoms with Gasteiger partial charge < -0.3 is 24.0 Å². The summed E-state index contributed by atoms with van der Waals surface area (Å²) >= 11 is 0. The SMILES string of the molecule is O=C(OCc1ccccc1)N(CCc1ccccc1)CCN(C(=O)CC(N(CCc1ccccc1)C(=O)OCc1ccccc1)[N+](=O)[O-])C1CCC(OCc2ccccc2)CC1. The van der Waals surface area contributed by atoms with Crippen molar-refractivity contribution in [3.05, 3.63) is 190 Å². The van der Waals surface area contributed by atoms with Crippen LogP contribution in [-0.2, 0) is 51.7 Å². The van der Waals surface area contributed by atoms with Crippen molar-refractivity contribution in [2.75, 3.05) is 26.2 Å². The third-order valence-corrected chi connectivity index (χ3v) is 11.2. The molecule has 0 heterocycles. The van der Waals surface area contributed by atoms with E-state index in [0.29, 0.717) is 51.7 Å². The van der Waals surface area contributed by atoms with Crippen LogP contribution >= 0.6 is 0 Å². The molecule has 1 unspecified atom stereocenters. The van der Waals surface area contributed by atoms with Gasteiger partial charge in [-0.05, 0) is 66.3 Å². The highest BCUT2D eigenvalue weighted by atomic mass is 16.6. The quantitative estimate of drug-likeness (QED) is 0.0406. The largest absolute Gasteiger partial charge is 0.445 e. The van der Waals surface area contributed by atoms with Gasteiger partial charge >= 0.3 is 18.4 Å². The van der Waals surface area contributed by atoms with Crippen LogP contribution in [0.2, 0.25) is 0 Å². The molecule has 1 aliphatic carbocycles. The van der Waals surface area contributed by atoms with Gasteiger partial charge in [-0.25, -0.2) is 14.5 Å². The molecule has 1 saturated carbocycles. The first kappa shape index (κ1) is 45.0. The molecule has 3 amide bonds. The Morgan fingerprint density at radius 3 is 1.47 bits per heavy atom. The lowest BCUT2D eigenvalue weighted by Crippen LogP contribution is -2.52. The maximum Gasteiger partial charge on any atom is 0.415 e. The summed E-state index contributed by atoms with van der Waals surface area (Å²) < 4.78 is 17.7. The summed E-state index contributed by atoms with van der Waals surface area (Å²) in [6.07, 6.45) is -0.233. The van der Waals surface area contributed by atoms with E-state index in [1.165, 1.54) is 0 Å². The number of nitrogens with zero attached hydrogens (tertiary/aromatic N) is 4. The lowest BCUT2D eigenvalue weighted by molar-refractivity contribution is -0.545. The number of ether oxygens (including phenoxy) is 3. The van der Waals surface area contributed by atoms with E-state index in [9.17, 15) is 24.5 Å². The second-order valence-corrected chi connectivity index (χ2v) is 15.5. The fraction of sp³-hybridized carbons (Fsp3) is 0.340. The molecule has 1 atom stereocenters. The van der Waals surface area contributed by atoms with E-state index in [1.54, 1.807) is 21.9 Å². The van der Waals surface area contributed by atoms with Gasteiger partial charge in [0.25, 0.3) is 0 Å². The van der Waals surface area contributed by atoms with Crippen molar-refractivity contribution in [3.8, 4) is 0 Å². The zero-order valence-electron chi connectivity index (χ0n) is 35.1. The van der Waals surface area contributed by atoms with Crippen molar-refractivity contribution in [1.82, 2.24) is 14.7 Å². The first-order chi connectivity index (χ1) is 30.3. The predicted molar refractivity (Wildman–Crippen MR) is 236 cm³/mol. The minimum atomic E-state index is -1.70. The number of carbonyl (C=O) groups is 3. The van der Waals surface area contributed by atoms with Crippen LogP contribution in [0.3, 0.4) is 0 Å². The second-order valence-electron chi connectivity index (χ2n) is 15.5. The van der Waals surface area contributed by atoms with Crippen LogP contribution in [0.4, 0.5) is 9.59 Å². The molecule has 0 N–H and O–H groups in total. The van der Waals surface area contributed by atoms with Crippen molar-refractivity contribution in [1.29, 1.82) is 0 Å². The molecule has 0 bridgehead atoms. The van der Waals surface area contributed by atoms with Crippen LogP contribution in [0, 0.1) is 10.1 Å². The summed E-state index contributed by atoms with van der Waals surface area (Å²) in [6.45, 7) is 1.02. The number of rotatable bonds is 21. The van der Waals surface area contributed by atoms with E-state index in [0.717, 1.165) is 32.7 Å².